The molecule has 1 saturated heterocycles. The number of carbonyl (C=O) groups excluding carboxylic acids is 1. The zero-order chi connectivity index (χ0) is 27.2. The van der Waals surface area contributed by atoms with Crippen LogP contribution in [-0.2, 0) is 4.79 Å². The molecule has 0 spiro atoms. The Morgan fingerprint density at radius 2 is 1.81 bits per heavy atom. The summed E-state index contributed by atoms with van der Waals surface area (Å²) in [6, 6.07) is 5.61. The van der Waals surface area contributed by atoms with E-state index in [-0.39, 0.29) is 18.3 Å². The third-order valence-corrected chi connectivity index (χ3v) is 6.02. The molecule has 3 rings (SSSR count). The van der Waals surface area contributed by atoms with Gasteiger partial charge >= 0.3 is 6.36 Å². The third kappa shape index (κ3) is 7.45. The summed E-state index contributed by atoms with van der Waals surface area (Å²) < 4.78 is 41.8. The zero-order valence-electron chi connectivity index (χ0n) is 21.4. The summed E-state index contributed by atoms with van der Waals surface area (Å²) in [6.07, 6.45) is 0.861. The van der Waals surface area contributed by atoms with Gasteiger partial charge < -0.3 is 24.5 Å². The van der Waals surface area contributed by atoms with Crippen molar-refractivity contribution in [3.63, 3.8) is 0 Å². The average Bonchev–Trinajstić information content (AvgIpc) is 2.87. The molecule has 8 nitrogen and oxygen atoms in total. The van der Waals surface area contributed by atoms with Crippen LogP contribution >= 0.6 is 0 Å². The van der Waals surface area contributed by atoms with Gasteiger partial charge in [-0.15, -0.1) is 13.2 Å². The number of carbonyl (C=O) groups is 1. The number of piperazine rings is 1. The number of rotatable bonds is 8. The highest BCUT2D eigenvalue weighted by molar-refractivity contribution is 5.87. The average molecular weight is 520 g/mol. The molecule has 2 heterocycles. The molecule has 37 heavy (non-hydrogen) atoms. The van der Waals surface area contributed by atoms with Crippen LogP contribution in [0.1, 0.15) is 25.8 Å². The molecule has 1 aromatic carbocycles. The number of aliphatic hydroxyl groups is 1. The summed E-state index contributed by atoms with van der Waals surface area (Å²) in [7, 11) is 1.90. The van der Waals surface area contributed by atoms with Gasteiger partial charge in [-0.1, -0.05) is 18.6 Å². The third-order valence-electron chi connectivity index (χ3n) is 6.02. The van der Waals surface area contributed by atoms with Crippen molar-refractivity contribution in [2.75, 3.05) is 49.6 Å². The Balaban J connectivity index is 1.96. The molecule has 1 aliphatic heterocycles. The number of ether oxygens (including phenoxy) is 1. The van der Waals surface area contributed by atoms with Gasteiger partial charge in [-0.25, -0.2) is 4.98 Å². The first kappa shape index (κ1) is 28.0. The normalized spacial score (nSPS) is 14.9. The van der Waals surface area contributed by atoms with Crippen LogP contribution < -0.4 is 14.5 Å². The van der Waals surface area contributed by atoms with Crippen molar-refractivity contribution in [1.29, 1.82) is 0 Å². The minimum Gasteiger partial charge on any atom is -0.406 e. The van der Waals surface area contributed by atoms with Crippen molar-refractivity contribution in [2.45, 2.75) is 33.6 Å². The molecule has 0 atom stereocenters. The number of hydrogen-bond acceptors (Lipinski definition) is 7. The topological polar surface area (TPSA) is 82.0 Å². The van der Waals surface area contributed by atoms with Gasteiger partial charge in [-0.05, 0) is 44.5 Å². The fourth-order valence-electron chi connectivity index (χ4n) is 3.94. The van der Waals surface area contributed by atoms with Crippen molar-refractivity contribution in [2.24, 2.45) is 0 Å². The molecule has 1 fully saturated rings. The Morgan fingerprint density at radius 3 is 2.38 bits per heavy atom. The van der Waals surface area contributed by atoms with E-state index in [9.17, 15) is 18.0 Å². The maximum atomic E-state index is 12.6. The Labute approximate surface area is 214 Å². The Morgan fingerprint density at radius 1 is 1.16 bits per heavy atom. The van der Waals surface area contributed by atoms with Crippen molar-refractivity contribution in [1.82, 2.24) is 14.9 Å². The number of halogens is 3. The number of hydrogen-bond donors (Lipinski definition) is 1. The Bertz CT molecular complexity index is 1140. The smallest absolute Gasteiger partial charge is 0.406 e. The van der Waals surface area contributed by atoms with Crippen LogP contribution in [0.15, 0.2) is 48.2 Å². The SMILES string of the molecule is CC/C(C)=C/N(C)c1nc(N2CCN(C(=O)/C=C/CO)CC2)nc(-c2ccc(OC(F)(F)F)cc2)c1C. The number of allylic oxidation sites excluding steroid dienone is 1. The van der Waals surface area contributed by atoms with Crippen LogP contribution in [0.4, 0.5) is 24.9 Å². The number of alkyl halides is 3. The van der Waals surface area contributed by atoms with E-state index in [0.29, 0.717) is 49.2 Å². The molecule has 0 unspecified atom stereocenters. The van der Waals surface area contributed by atoms with E-state index in [1.165, 1.54) is 24.3 Å². The van der Waals surface area contributed by atoms with Crippen LogP contribution in [-0.4, -0.2) is 72.1 Å². The molecule has 1 N–H and O–H groups in total. The molecule has 1 aromatic heterocycles. The predicted octanol–water partition coefficient (Wildman–Crippen LogP) is 4.30. The lowest BCUT2D eigenvalue weighted by atomic mass is 10.1. The van der Waals surface area contributed by atoms with Crippen LogP contribution in [0, 0.1) is 6.92 Å². The highest BCUT2D eigenvalue weighted by Gasteiger charge is 2.31. The van der Waals surface area contributed by atoms with Crippen LogP contribution in [0.25, 0.3) is 11.3 Å². The zero-order valence-corrected chi connectivity index (χ0v) is 21.4. The second-order valence-electron chi connectivity index (χ2n) is 8.73. The second kappa shape index (κ2) is 12.1. The van der Waals surface area contributed by atoms with Gasteiger partial charge in [0.25, 0.3) is 0 Å². The summed E-state index contributed by atoms with van der Waals surface area (Å²) >= 11 is 0. The number of aliphatic hydroxyl groups excluding tert-OH is 1. The van der Waals surface area contributed by atoms with Gasteiger partial charge in [0.2, 0.25) is 11.9 Å². The number of anilines is 2. The lowest BCUT2D eigenvalue weighted by Gasteiger charge is -2.35. The summed E-state index contributed by atoms with van der Waals surface area (Å²) in [5, 5.41) is 8.91. The first-order valence-corrected chi connectivity index (χ1v) is 12.0. The fourth-order valence-corrected chi connectivity index (χ4v) is 3.94. The standard InChI is InChI=1S/C26H32F3N5O3/c1-5-18(2)17-32(4)24-19(3)23(20-8-10-21(11-9-20)37-26(27,28)29)30-25(31-24)34-14-12-33(13-15-34)22(36)7-6-16-35/h6-11,17,35H,5,12-16H2,1-4H3/b7-6+,18-17+. The quantitative estimate of drug-likeness (QED) is 0.521. The van der Waals surface area contributed by atoms with E-state index in [1.807, 2.05) is 36.9 Å². The number of aromatic nitrogens is 2. The summed E-state index contributed by atoms with van der Waals surface area (Å²) in [5.41, 5.74) is 3.15. The Hall–Kier alpha value is -3.60. The van der Waals surface area contributed by atoms with Gasteiger partial charge in [0, 0.05) is 56.6 Å². The largest absolute Gasteiger partial charge is 0.573 e. The van der Waals surface area contributed by atoms with Gasteiger partial charge in [0.15, 0.2) is 0 Å². The predicted molar refractivity (Wildman–Crippen MR) is 136 cm³/mol. The summed E-state index contributed by atoms with van der Waals surface area (Å²) in [4.78, 5) is 27.5. The van der Waals surface area contributed by atoms with Crippen LogP contribution in [0.3, 0.4) is 0 Å². The highest BCUT2D eigenvalue weighted by atomic mass is 19.4. The maximum Gasteiger partial charge on any atom is 0.573 e. The van der Waals surface area contributed by atoms with Crippen molar-refractivity contribution >= 4 is 17.7 Å². The van der Waals surface area contributed by atoms with Gasteiger partial charge in [0.05, 0.1) is 12.3 Å². The van der Waals surface area contributed by atoms with Crippen LogP contribution in [0.2, 0.25) is 0 Å². The highest BCUT2D eigenvalue weighted by Crippen LogP contribution is 2.32. The molecule has 0 radical (unpaired) electrons. The van der Waals surface area contributed by atoms with E-state index in [0.717, 1.165) is 17.6 Å². The van der Waals surface area contributed by atoms with Gasteiger partial charge in [0.1, 0.15) is 11.6 Å². The molecular formula is C26H32F3N5O3. The lowest BCUT2D eigenvalue weighted by Crippen LogP contribution is -2.49. The molecule has 1 amide bonds. The van der Waals surface area contributed by atoms with Crippen molar-refractivity contribution in [3.05, 3.63) is 53.8 Å². The summed E-state index contributed by atoms with van der Waals surface area (Å²) in [6.45, 7) is 7.70. The molecule has 200 valence electrons. The first-order chi connectivity index (χ1) is 17.5. The molecule has 2 aromatic rings. The van der Waals surface area contributed by atoms with Gasteiger partial charge in [-0.3, -0.25) is 4.79 Å². The second-order valence-corrected chi connectivity index (χ2v) is 8.73. The van der Waals surface area contributed by atoms with E-state index in [2.05, 4.69) is 11.7 Å². The molecule has 11 heteroatoms. The number of benzene rings is 1. The van der Waals surface area contributed by atoms with Gasteiger partial charge in [-0.2, -0.15) is 4.98 Å². The minimum absolute atomic E-state index is 0.166. The van der Waals surface area contributed by atoms with E-state index >= 15 is 0 Å². The fraction of sp³-hybridized carbons (Fsp3) is 0.423. The maximum absolute atomic E-state index is 12.6. The molecule has 1 aliphatic rings. The van der Waals surface area contributed by atoms with Crippen molar-refractivity contribution in [3.8, 4) is 17.0 Å². The number of amides is 1. The molecular weight excluding hydrogens is 487 g/mol. The monoisotopic (exact) mass is 519 g/mol. The molecule has 0 bridgehead atoms. The minimum atomic E-state index is -4.77. The molecule has 0 aliphatic carbocycles. The van der Waals surface area contributed by atoms with Crippen molar-refractivity contribution < 1.29 is 27.8 Å². The molecule has 0 saturated carbocycles. The lowest BCUT2D eigenvalue weighted by molar-refractivity contribution is -0.274. The van der Waals surface area contributed by atoms with Crippen LogP contribution in [0.5, 0.6) is 5.75 Å². The first-order valence-electron chi connectivity index (χ1n) is 12.0. The number of nitrogens with zero attached hydrogens (tertiary/aromatic N) is 5. The van der Waals surface area contributed by atoms with E-state index in [1.54, 1.807) is 17.0 Å². The summed E-state index contributed by atoms with van der Waals surface area (Å²) in [5.74, 6) is 0.672. The van der Waals surface area contributed by atoms with E-state index < -0.39 is 6.36 Å². The van der Waals surface area contributed by atoms with E-state index in [4.69, 9.17) is 15.1 Å². The Kier molecular flexibility index (Phi) is 9.14.